The van der Waals surface area contributed by atoms with Gasteiger partial charge in [-0.25, -0.2) is 0 Å². The molecule has 0 fully saturated rings. The van der Waals surface area contributed by atoms with Gasteiger partial charge in [0.05, 0.1) is 39.9 Å². The summed E-state index contributed by atoms with van der Waals surface area (Å²) in [5.41, 5.74) is 0. The van der Waals surface area contributed by atoms with Crippen LogP contribution in [0, 0.1) is 0 Å². The Morgan fingerprint density at radius 1 is 0.872 bits per heavy atom. The summed E-state index contributed by atoms with van der Waals surface area (Å²) >= 11 is 0. The molecular weight excluding hydrogens is 515 g/mol. The monoisotopic (exact) mass is 572 g/mol. The fraction of sp³-hybridized carbons (Fsp3) is 0.767. The van der Waals surface area contributed by atoms with Gasteiger partial charge in [-0.1, -0.05) is 88.8 Å². The molecule has 0 saturated heterocycles. The molecule has 228 valence electrons. The van der Waals surface area contributed by atoms with Crippen molar-refractivity contribution < 1.29 is 32.9 Å². The lowest BCUT2D eigenvalue weighted by molar-refractivity contribution is -0.870. The summed E-state index contributed by atoms with van der Waals surface area (Å²) < 4.78 is 22.5. The van der Waals surface area contributed by atoms with E-state index in [0.29, 0.717) is 11.0 Å². The molecule has 39 heavy (non-hydrogen) atoms. The smallest absolute Gasteiger partial charge is 0.268 e. The maximum atomic E-state index is 12.1. The third kappa shape index (κ3) is 25.4. The molecule has 0 aliphatic carbocycles. The molecule has 0 aromatic rings. The zero-order valence-corrected chi connectivity index (χ0v) is 26.2. The lowest BCUT2D eigenvalue weighted by Crippen LogP contribution is -2.45. The summed E-state index contributed by atoms with van der Waals surface area (Å²) in [6.07, 6.45) is 25.6. The number of hydrogen-bond acceptors (Lipinski definition) is 6. The quantitative estimate of drug-likeness (QED) is 0.0618. The second-order valence-electron chi connectivity index (χ2n) is 11.0. The zero-order chi connectivity index (χ0) is 29.4. The maximum Gasteiger partial charge on any atom is 0.268 e. The number of carbonyl (C=O) groups excluding carboxylic acids is 1. The summed E-state index contributed by atoms with van der Waals surface area (Å²) in [6, 6.07) is -0.902. The van der Waals surface area contributed by atoms with Gasteiger partial charge in [0.1, 0.15) is 13.2 Å². The fourth-order valence-corrected chi connectivity index (χ4v) is 4.34. The first-order valence-electron chi connectivity index (χ1n) is 14.9. The number of amides is 1. The second-order valence-corrected chi connectivity index (χ2v) is 12.5. The Morgan fingerprint density at radius 3 is 1.97 bits per heavy atom. The number of phosphoric acid groups is 1. The number of nitrogens with zero attached hydrogens (tertiary/aromatic N) is 1. The van der Waals surface area contributed by atoms with Crippen LogP contribution in [0.5, 0.6) is 0 Å². The normalized spacial score (nSPS) is 15.8. The molecule has 0 aliphatic rings. The SMILES string of the molecule is CCCCCCCCC/C=C/CC/C=C/CC/C=C/C(O)C(COP(=O)([O-])OCC[N+](C)(C)C)NC(=O)CC. The minimum absolute atomic E-state index is 0.0121. The third-order valence-corrected chi connectivity index (χ3v) is 7.11. The Morgan fingerprint density at radius 2 is 1.41 bits per heavy atom. The van der Waals surface area contributed by atoms with Crippen molar-refractivity contribution >= 4 is 13.7 Å². The van der Waals surface area contributed by atoms with Crippen molar-refractivity contribution in [3.63, 3.8) is 0 Å². The largest absolute Gasteiger partial charge is 0.756 e. The Kier molecular flexibility index (Phi) is 22.7. The number of rotatable bonds is 25. The maximum absolute atomic E-state index is 12.1. The van der Waals surface area contributed by atoms with E-state index in [2.05, 4.69) is 36.5 Å². The molecule has 3 unspecified atom stereocenters. The molecule has 1 amide bonds. The molecule has 0 aromatic heterocycles. The van der Waals surface area contributed by atoms with Gasteiger partial charge in [0.25, 0.3) is 7.82 Å². The number of phosphoric ester groups is 1. The highest BCUT2D eigenvalue weighted by molar-refractivity contribution is 7.45. The number of quaternary nitrogens is 1. The van der Waals surface area contributed by atoms with Gasteiger partial charge in [-0.15, -0.1) is 0 Å². The van der Waals surface area contributed by atoms with Crippen molar-refractivity contribution in [3.8, 4) is 0 Å². The van der Waals surface area contributed by atoms with Crippen LogP contribution in [0.4, 0.5) is 0 Å². The van der Waals surface area contributed by atoms with Crippen LogP contribution in [-0.2, 0) is 18.4 Å². The summed E-state index contributed by atoms with van der Waals surface area (Å²) in [5.74, 6) is -0.304. The minimum atomic E-state index is -4.55. The second kappa shape index (κ2) is 23.4. The van der Waals surface area contributed by atoms with E-state index in [1.807, 2.05) is 27.2 Å². The minimum Gasteiger partial charge on any atom is -0.756 e. The van der Waals surface area contributed by atoms with Gasteiger partial charge in [0.2, 0.25) is 5.91 Å². The average molecular weight is 573 g/mol. The summed E-state index contributed by atoms with van der Waals surface area (Å²) in [4.78, 5) is 23.9. The van der Waals surface area contributed by atoms with Crippen LogP contribution in [0.2, 0.25) is 0 Å². The van der Waals surface area contributed by atoms with E-state index < -0.39 is 26.6 Å². The average Bonchev–Trinajstić information content (AvgIpc) is 2.87. The van der Waals surface area contributed by atoms with Crippen molar-refractivity contribution in [3.05, 3.63) is 36.5 Å². The highest BCUT2D eigenvalue weighted by Gasteiger charge is 2.22. The van der Waals surface area contributed by atoms with Crippen LogP contribution in [0.3, 0.4) is 0 Å². The van der Waals surface area contributed by atoms with Crippen molar-refractivity contribution in [2.45, 2.75) is 109 Å². The molecular formula is C30H57N2O6P. The van der Waals surface area contributed by atoms with Crippen molar-refractivity contribution in [1.82, 2.24) is 5.32 Å². The van der Waals surface area contributed by atoms with Crippen molar-refractivity contribution in [2.24, 2.45) is 0 Å². The molecule has 8 nitrogen and oxygen atoms in total. The number of aliphatic hydroxyl groups is 1. The van der Waals surface area contributed by atoms with Crippen LogP contribution in [0.1, 0.15) is 97.3 Å². The van der Waals surface area contributed by atoms with Crippen molar-refractivity contribution in [2.75, 3.05) is 40.9 Å². The Bertz CT molecular complexity index is 748. The number of aliphatic hydroxyl groups excluding tert-OH is 1. The molecule has 0 spiro atoms. The van der Waals surface area contributed by atoms with Crippen LogP contribution in [-0.4, -0.2) is 68.5 Å². The molecule has 0 rings (SSSR count). The zero-order valence-electron chi connectivity index (χ0n) is 25.3. The number of carbonyl (C=O) groups is 1. The molecule has 9 heteroatoms. The van der Waals surface area contributed by atoms with Gasteiger partial charge >= 0.3 is 0 Å². The van der Waals surface area contributed by atoms with Crippen molar-refractivity contribution in [1.29, 1.82) is 0 Å². The first-order valence-corrected chi connectivity index (χ1v) is 16.3. The number of allylic oxidation sites excluding steroid dienone is 5. The number of likely N-dealkylation sites (N-methyl/N-ethyl adjacent to an activating group) is 1. The van der Waals surface area contributed by atoms with E-state index in [-0.39, 0.29) is 18.9 Å². The summed E-state index contributed by atoms with van der Waals surface area (Å²) in [7, 11) is 1.22. The van der Waals surface area contributed by atoms with Gasteiger partial charge in [-0.3, -0.25) is 9.36 Å². The van der Waals surface area contributed by atoms with Gasteiger partial charge in [0.15, 0.2) is 0 Å². The Labute approximate surface area is 238 Å². The highest BCUT2D eigenvalue weighted by Crippen LogP contribution is 2.38. The molecule has 0 aliphatic heterocycles. The van der Waals surface area contributed by atoms with E-state index >= 15 is 0 Å². The number of hydrogen-bond donors (Lipinski definition) is 2. The fourth-order valence-electron chi connectivity index (χ4n) is 3.62. The van der Waals surface area contributed by atoms with Crippen LogP contribution < -0.4 is 10.2 Å². The van der Waals surface area contributed by atoms with E-state index in [1.165, 1.54) is 51.4 Å². The first-order chi connectivity index (χ1) is 18.5. The van der Waals surface area contributed by atoms with E-state index in [4.69, 9.17) is 9.05 Å². The summed E-state index contributed by atoms with van der Waals surface area (Å²) in [6.45, 7) is 4.00. The molecule has 0 radical (unpaired) electrons. The molecule has 0 saturated carbocycles. The molecule has 2 N–H and O–H groups in total. The van der Waals surface area contributed by atoms with Crippen LogP contribution in [0.15, 0.2) is 36.5 Å². The predicted molar refractivity (Wildman–Crippen MR) is 159 cm³/mol. The van der Waals surface area contributed by atoms with Crippen LogP contribution >= 0.6 is 7.82 Å². The standard InChI is InChI=1S/C30H57N2O6P/c1-6-8-9-10-11-12-13-14-15-16-17-18-19-20-21-22-23-24-29(33)28(31-30(34)7-2)27-38-39(35,36)37-26-25-32(3,4)5/h15-16,19-20,23-24,28-29,33H,6-14,17-18,21-22,25-27H2,1-5H3,(H-,31,34,35,36)/b16-15+,20-19+,24-23+. The van der Waals surface area contributed by atoms with Gasteiger partial charge in [-0.2, -0.15) is 0 Å². The van der Waals surface area contributed by atoms with Gasteiger partial charge in [0, 0.05) is 6.42 Å². The van der Waals surface area contributed by atoms with E-state index in [0.717, 1.165) is 25.7 Å². The third-order valence-electron chi connectivity index (χ3n) is 6.14. The lowest BCUT2D eigenvalue weighted by atomic mass is 10.1. The first kappa shape index (κ1) is 37.7. The van der Waals surface area contributed by atoms with Crippen LogP contribution in [0.25, 0.3) is 0 Å². The molecule has 0 aromatic carbocycles. The number of nitrogens with one attached hydrogen (secondary N) is 1. The molecule has 0 heterocycles. The topological polar surface area (TPSA) is 108 Å². The molecule has 0 bridgehead atoms. The van der Waals surface area contributed by atoms with E-state index in [1.54, 1.807) is 13.0 Å². The van der Waals surface area contributed by atoms with Gasteiger partial charge < -0.3 is 28.8 Å². The highest BCUT2D eigenvalue weighted by atomic mass is 31.2. The Balaban J connectivity index is 4.26. The predicted octanol–water partition coefficient (Wildman–Crippen LogP) is 5.82. The Hall–Kier alpha value is -1.28. The van der Waals surface area contributed by atoms with E-state index in [9.17, 15) is 19.4 Å². The lowest BCUT2D eigenvalue weighted by Gasteiger charge is -2.29. The summed E-state index contributed by atoms with van der Waals surface area (Å²) in [5, 5.41) is 13.1. The number of unbranched alkanes of at least 4 members (excludes halogenated alkanes) is 9. The van der Waals surface area contributed by atoms with Gasteiger partial charge in [-0.05, 0) is 38.5 Å². The molecule has 3 atom stereocenters.